The predicted octanol–water partition coefficient (Wildman–Crippen LogP) is 0.849. The Kier molecular flexibility index (Phi) is 2.65. The van der Waals surface area contributed by atoms with Crippen molar-refractivity contribution in [3.63, 3.8) is 0 Å². The second-order valence-electron chi connectivity index (χ2n) is 3.04. The number of aromatic carboxylic acids is 1. The largest absolute Gasteiger partial charge is 0.475 e. The van der Waals surface area contributed by atoms with Gasteiger partial charge in [0, 0.05) is 12.4 Å². The fourth-order valence-corrected chi connectivity index (χ4v) is 1.21. The maximum Gasteiger partial charge on any atom is 0.371 e. The average molecular weight is 220 g/mol. The highest BCUT2D eigenvalue weighted by Gasteiger charge is 2.18. The molecule has 0 radical (unpaired) electrons. The zero-order chi connectivity index (χ0) is 11.5. The molecule has 0 amide bonds. The molecule has 2 rings (SSSR count). The van der Waals surface area contributed by atoms with Crippen molar-refractivity contribution in [1.82, 2.24) is 9.97 Å². The molecule has 16 heavy (non-hydrogen) atoms. The summed E-state index contributed by atoms with van der Waals surface area (Å²) in [6.45, 7) is 0. The molecule has 0 aliphatic carbocycles. The molecule has 2 aromatic heterocycles. The van der Waals surface area contributed by atoms with Crippen molar-refractivity contribution in [3.8, 4) is 0 Å². The number of aliphatic hydroxyl groups excluding tert-OH is 1. The van der Waals surface area contributed by atoms with Crippen LogP contribution in [-0.2, 0) is 0 Å². The van der Waals surface area contributed by atoms with E-state index in [-0.39, 0.29) is 11.5 Å². The number of aromatic nitrogens is 2. The Morgan fingerprint density at radius 1 is 1.38 bits per heavy atom. The van der Waals surface area contributed by atoms with Gasteiger partial charge in [0.15, 0.2) is 6.10 Å². The van der Waals surface area contributed by atoms with Gasteiger partial charge >= 0.3 is 5.97 Å². The van der Waals surface area contributed by atoms with Crippen molar-refractivity contribution >= 4 is 5.97 Å². The fraction of sp³-hybridized carbons (Fsp3) is 0.100. The number of aliphatic hydroxyl groups is 1. The van der Waals surface area contributed by atoms with Crippen LogP contribution in [0.25, 0.3) is 0 Å². The Hall–Kier alpha value is -2.21. The van der Waals surface area contributed by atoms with Crippen LogP contribution in [0.3, 0.4) is 0 Å². The molecular weight excluding hydrogens is 212 g/mol. The Morgan fingerprint density at radius 3 is 2.75 bits per heavy atom. The Bertz CT molecular complexity index is 495. The summed E-state index contributed by atoms with van der Waals surface area (Å²) in [5.74, 6) is -1.28. The predicted molar refractivity (Wildman–Crippen MR) is 51.8 cm³/mol. The van der Waals surface area contributed by atoms with Crippen molar-refractivity contribution in [1.29, 1.82) is 0 Å². The highest BCUT2D eigenvalue weighted by molar-refractivity contribution is 5.84. The van der Waals surface area contributed by atoms with Crippen LogP contribution in [0, 0.1) is 0 Å². The van der Waals surface area contributed by atoms with E-state index in [1.165, 1.54) is 30.7 Å². The minimum Gasteiger partial charge on any atom is -0.475 e. The molecule has 2 aromatic rings. The van der Waals surface area contributed by atoms with Gasteiger partial charge in [-0.3, -0.25) is 9.97 Å². The monoisotopic (exact) mass is 220 g/mol. The highest BCUT2D eigenvalue weighted by atomic mass is 16.4. The third-order valence-corrected chi connectivity index (χ3v) is 1.97. The first-order chi connectivity index (χ1) is 7.68. The van der Waals surface area contributed by atoms with Crippen LogP contribution in [0.15, 0.2) is 35.1 Å². The zero-order valence-corrected chi connectivity index (χ0v) is 8.07. The van der Waals surface area contributed by atoms with Gasteiger partial charge in [-0.25, -0.2) is 4.79 Å². The summed E-state index contributed by atoms with van der Waals surface area (Å²) in [6.07, 6.45) is 3.18. The topological polar surface area (TPSA) is 96.5 Å². The van der Waals surface area contributed by atoms with Crippen molar-refractivity contribution in [2.45, 2.75) is 6.10 Å². The van der Waals surface area contributed by atoms with Crippen LogP contribution in [0.1, 0.15) is 28.1 Å². The van der Waals surface area contributed by atoms with Crippen molar-refractivity contribution in [3.05, 3.63) is 47.9 Å². The molecule has 0 spiro atoms. The first-order valence-corrected chi connectivity index (χ1v) is 4.45. The van der Waals surface area contributed by atoms with Crippen molar-refractivity contribution < 1.29 is 19.4 Å². The van der Waals surface area contributed by atoms with Crippen LogP contribution in [0.5, 0.6) is 0 Å². The summed E-state index contributed by atoms with van der Waals surface area (Å²) in [7, 11) is 0. The minimum atomic E-state index is -1.18. The van der Waals surface area contributed by atoms with Crippen LogP contribution in [-0.4, -0.2) is 26.2 Å². The molecule has 1 atom stereocenters. The van der Waals surface area contributed by atoms with Crippen molar-refractivity contribution in [2.24, 2.45) is 0 Å². The first-order valence-electron chi connectivity index (χ1n) is 4.45. The molecule has 0 aliphatic heterocycles. The molecule has 0 aliphatic rings. The molecule has 6 nitrogen and oxygen atoms in total. The Labute approximate surface area is 90.2 Å². The van der Waals surface area contributed by atoms with Gasteiger partial charge in [-0.1, -0.05) is 0 Å². The number of furan rings is 1. The van der Waals surface area contributed by atoms with E-state index in [0.29, 0.717) is 5.69 Å². The summed E-state index contributed by atoms with van der Waals surface area (Å²) in [4.78, 5) is 18.3. The molecule has 0 fully saturated rings. The Morgan fingerprint density at radius 2 is 2.19 bits per heavy atom. The summed E-state index contributed by atoms with van der Waals surface area (Å²) in [5.41, 5.74) is 0.300. The number of hydrogen-bond donors (Lipinski definition) is 2. The van der Waals surface area contributed by atoms with E-state index >= 15 is 0 Å². The standard InChI is InChI=1S/C10H8N2O4/c13-9(6-5-11-3-4-12-6)7-1-2-8(16-7)10(14)15/h1-5,9,13H,(H,14,15). The average Bonchev–Trinajstić information content (AvgIpc) is 2.78. The number of carboxylic acids is 1. The molecule has 2 heterocycles. The number of hydrogen-bond acceptors (Lipinski definition) is 5. The summed E-state index contributed by atoms with van der Waals surface area (Å²) in [6, 6.07) is 2.67. The van der Waals surface area contributed by atoms with Gasteiger partial charge in [0.05, 0.1) is 11.9 Å². The molecule has 82 valence electrons. The lowest BCUT2D eigenvalue weighted by Gasteiger charge is -2.05. The highest BCUT2D eigenvalue weighted by Crippen LogP contribution is 2.21. The number of carboxylic acid groups (broad SMARTS) is 1. The zero-order valence-electron chi connectivity index (χ0n) is 8.07. The molecule has 1 unspecified atom stereocenters. The van der Waals surface area contributed by atoms with Gasteiger partial charge < -0.3 is 14.6 Å². The van der Waals surface area contributed by atoms with Gasteiger partial charge in [0.2, 0.25) is 5.76 Å². The molecular formula is C10H8N2O4. The summed E-state index contributed by atoms with van der Waals surface area (Å²) < 4.78 is 4.94. The van der Waals surface area contributed by atoms with E-state index in [1.807, 2.05) is 0 Å². The van der Waals surface area contributed by atoms with Crippen LogP contribution in [0.4, 0.5) is 0 Å². The maximum atomic E-state index is 10.6. The van der Waals surface area contributed by atoms with Gasteiger partial charge in [-0.15, -0.1) is 0 Å². The van der Waals surface area contributed by atoms with E-state index in [9.17, 15) is 9.90 Å². The summed E-state index contributed by atoms with van der Waals surface area (Å²) in [5, 5.41) is 18.4. The Balaban J connectivity index is 2.27. The van der Waals surface area contributed by atoms with E-state index in [1.54, 1.807) is 0 Å². The van der Waals surface area contributed by atoms with Gasteiger partial charge in [-0.2, -0.15) is 0 Å². The number of nitrogens with zero attached hydrogens (tertiary/aromatic N) is 2. The quantitative estimate of drug-likeness (QED) is 0.795. The van der Waals surface area contributed by atoms with Crippen LogP contribution in [0.2, 0.25) is 0 Å². The van der Waals surface area contributed by atoms with Gasteiger partial charge in [0.25, 0.3) is 0 Å². The smallest absolute Gasteiger partial charge is 0.371 e. The fourth-order valence-electron chi connectivity index (χ4n) is 1.21. The first kappa shape index (κ1) is 10.3. The molecule has 2 N–H and O–H groups in total. The second-order valence-corrected chi connectivity index (χ2v) is 3.04. The van der Waals surface area contributed by atoms with E-state index in [0.717, 1.165) is 0 Å². The van der Waals surface area contributed by atoms with E-state index in [4.69, 9.17) is 9.52 Å². The SMILES string of the molecule is O=C(O)c1ccc(C(O)c2cnccn2)o1. The lowest BCUT2D eigenvalue weighted by molar-refractivity contribution is 0.0654. The van der Waals surface area contributed by atoms with Gasteiger partial charge in [-0.05, 0) is 12.1 Å². The molecule has 0 saturated carbocycles. The van der Waals surface area contributed by atoms with Crippen LogP contribution >= 0.6 is 0 Å². The van der Waals surface area contributed by atoms with Crippen molar-refractivity contribution in [2.75, 3.05) is 0 Å². The lowest BCUT2D eigenvalue weighted by atomic mass is 10.2. The second kappa shape index (κ2) is 4.11. The maximum absolute atomic E-state index is 10.6. The molecule has 0 aromatic carbocycles. The third kappa shape index (κ3) is 1.91. The normalized spacial score (nSPS) is 12.3. The van der Waals surface area contributed by atoms with Crippen LogP contribution < -0.4 is 0 Å². The lowest BCUT2D eigenvalue weighted by Crippen LogP contribution is -2.01. The summed E-state index contributed by atoms with van der Waals surface area (Å²) >= 11 is 0. The number of rotatable bonds is 3. The molecule has 6 heteroatoms. The minimum absolute atomic E-state index is 0.123. The van der Waals surface area contributed by atoms with Gasteiger partial charge in [0.1, 0.15) is 5.76 Å². The van der Waals surface area contributed by atoms with E-state index < -0.39 is 12.1 Å². The number of carbonyl (C=O) groups is 1. The third-order valence-electron chi connectivity index (χ3n) is 1.97. The van der Waals surface area contributed by atoms with E-state index in [2.05, 4.69) is 9.97 Å². The molecule has 0 bridgehead atoms. The molecule has 0 saturated heterocycles.